The molecule has 1 aliphatic heterocycles. The van der Waals surface area contributed by atoms with Crippen molar-refractivity contribution in [1.82, 2.24) is 15.0 Å². The number of aromatic nitrogens is 3. The summed E-state index contributed by atoms with van der Waals surface area (Å²) in [5.41, 5.74) is 3.88. The van der Waals surface area contributed by atoms with Crippen LogP contribution in [0.2, 0.25) is 0 Å². The Labute approximate surface area is 139 Å². The number of halogens is 1. The lowest BCUT2D eigenvalue weighted by molar-refractivity contribution is 0.631. The summed E-state index contributed by atoms with van der Waals surface area (Å²) in [6, 6.07) is 8.70. The van der Waals surface area contributed by atoms with Crippen molar-refractivity contribution in [2.75, 3.05) is 11.4 Å². The molecule has 5 rings (SSSR count). The van der Waals surface area contributed by atoms with Gasteiger partial charge in [-0.05, 0) is 25.0 Å². The van der Waals surface area contributed by atoms with Crippen LogP contribution in [0.5, 0.6) is 0 Å². The molecule has 0 atom stereocenters. The Bertz CT molecular complexity index is 919. The molecular weight excluding hydrogens is 303 g/mol. The molecular formula is C19H15FN4. The molecule has 118 valence electrons. The molecule has 5 heteroatoms. The van der Waals surface area contributed by atoms with Gasteiger partial charge in [0.2, 0.25) is 5.95 Å². The Morgan fingerprint density at radius 1 is 1.00 bits per heavy atom. The van der Waals surface area contributed by atoms with Crippen LogP contribution in [0.1, 0.15) is 18.4 Å². The fraction of sp³-hybridized carbons (Fsp3) is 0.211. The molecule has 0 unspecified atom stereocenters. The molecule has 3 aromatic rings. The van der Waals surface area contributed by atoms with Crippen LogP contribution in [0, 0.1) is 5.82 Å². The number of hydrogen-bond acceptors (Lipinski definition) is 4. The number of fused-ring (bicyclic) bond motifs is 2. The van der Waals surface area contributed by atoms with Crippen LogP contribution in [0.25, 0.3) is 11.1 Å². The highest BCUT2D eigenvalue weighted by Gasteiger charge is 2.52. The van der Waals surface area contributed by atoms with Gasteiger partial charge in [0.15, 0.2) is 0 Å². The lowest BCUT2D eigenvalue weighted by Crippen LogP contribution is -2.21. The van der Waals surface area contributed by atoms with E-state index in [0.29, 0.717) is 17.1 Å². The SMILES string of the molecule is Fc1ccccc1-c1cnc(N2CC3(CC3)c3cnccc32)nc1. The largest absolute Gasteiger partial charge is 0.309 e. The van der Waals surface area contributed by atoms with E-state index in [4.69, 9.17) is 0 Å². The summed E-state index contributed by atoms with van der Waals surface area (Å²) in [5, 5.41) is 0. The highest BCUT2D eigenvalue weighted by molar-refractivity contribution is 5.71. The maximum atomic E-state index is 13.9. The quantitative estimate of drug-likeness (QED) is 0.719. The minimum atomic E-state index is -0.261. The van der Waals surface area contributed by atoms with Crippen LogP contribution in [-0.2, 0) is 5.41 Å². The zero-order chi connectivity index (χ0) is 16.1. The van der Waals surface area contributed by atoms with Gasteiger partial charge < -0.3 is 4.90 Å². The molecule has 0 bridgehead atoms. The van der Waals surface area contributed by atoms with Gasteiger partial charge in [-0.2, -0.15) is 0 Å². The van der Waals surface area contributed by atoms with Gasteiger partial charge in [0.05, 0.1) is 5.69 Å². The van der Waals surface area contributed by atoms with Gasteiger partial charge in [-0.3, -0.25) is 4.98 Å². The second-order valence-corrected chi connectivity index (χ2v) is 6.51. The molecule has 1 aromatic carbocycles. The van der Waals surface area contributed by atoms with E-state index in [1.807, 2.05) is 18.3 Å². The molecule has 1 fully saturated rings. The van der Waals surface area contributed by atoms with Crippen molar-refractivity contribution in [3.8, 4) is 11.1 Å². The summed E-state index contributed by atoms with van der Waals surface area (Å²) in [7, 11) is 0. The van der Waals surface area contributed by atoms with Gasteiger partial charge in [0.1, 0.15) is 5.82 Å². The lowest BCUT2D eigenvalue weighted by atomic mass is 10.0. The molecule has 0 radical (unpaired) electrons. The van der Waals surface area contributed by atoms with Crippen LogP contribution < -0.4 is 4.90 Å². The third-order valence-corrected chi connectivity index (χ3v) is 5.04. The minimum Gasteiger partial charge on any atom is -0.309 e. The van der Waals surface area contributed by atoms with Crippen LogP contribution in [0.15, 0.2) is 55.1 Å². The topological polar surface area (TPSA) is 41.9 Å². The van der Waals surface area contributed by atoms with E-state index in [0.717, 1.165) is 12.2 Å². The summed E-state index contributed by atoms with van der Waals surface area (Å²) in [6.45, 7) is 0.896. The average Bonchev–Trinajstić information content (AvgIpc) is 3.33. The van der Waals surface area contributed by atoms with Gasteiger partial charge in [-0.15, -0.1) is 0 Å². The van der Waals surface area contributed by atoms with E-state index in [9.17, 15) is 4.39 Å². The molecule has 2 aromatic heterocycles. The summed E-state index contributed by atoms with van der Waals surface area (Å²) in [4.78, 5) is 15.4. The lowest BCUT2D eigenvalue weighted by Gasteiger charge is -2.17. The van der Waals surface area contributed by atoms with E-state index in [2.05, 4.69) is 19.9 Å². The number of rotatable bonds is 2. The zero-order valence-electron chi connectivity index (χ0n) is 13.0. The smallest absolute Gasteiger partial charge is 0.229 e. The van der Waals surface area contributed by atoms with Crippen molar-refractivity contribution < 1.29 is 4.39 Å². The molecule has 1 spiro atoms. The monoisotopic (exact) mass is 318 g/mol. The highest BCUT2D eigenvalue weighted by atomic mass is 19.1. The Balaban J connectivity index is 1.52. The fourth-order valence-corrected chi connectivity index (χ4v) is 3.56. The fourth-order valence-electron chi connectivity index (χ4n) is 3.56. The van der Waals surface area contributed by atoms with Crippen molar-refractivity contribution >= 4 is 11.6 Å². The third-order valence-electron chi connectivity index (χ3n) is 5.04. The van der Waals surface area contributed by atoms with Gasteiger partial charge in [0, 0.05) is 53.4 Å². The zero-order valence-corrected chi connectivity index (χ0v) is 13.0. The van der Waals surface area contributed by atoms with E-state index in [1.54, 1.807) is 30.7 Å². The number of benzene rings is 1. The maximum Gasteiger partial charge on any atom is 0.229 e. The molecule has 1 saturated carbocycles. The van der Waals surface area contributed by atoms with Crippen molar-refractivity contribution in [3.63, 3.8) is 0 Å². The molecule has 3 heterocycles. The van der Waals surface area contributed by atoms with Gasteiger partial charge in [-0.1, -0.05) is 18.2 Å². The Morgan fingerprint density at radius 3 is 2.54 bits per heavy atom. The first-order valence-electron chi connectivity index (χ1n) is 8.06. The maximum absolute atomic E-state index is 13.9. The molecule has 24 heavy (non-hydrogen) atoms. The minimum absolute atomic E-state index is 0.233. The third kappa shape index (κ3) is 1.94. The summed E-state index contributed by atoms with van der Waals surface area (Å²) < 4.78 is 13.9. The van der Waals surface area contributed by atoms with Crippen molar-refractivity contribution in [1.29, 1.82) is 0 Å². The average molecular weight is 318 g/mol. The van der Waals surface area contributed by atoms with E-state index >= 15 is 0 Å². The predicted octanol–water partition coefficient (Wildman–Crippen LogP) is 3.86. The van der Waals surface area contributed by atoms with E-state index in [-0.39, 0.29) is 11.2 Å². The Kier molecular flexibility index (Phi) is 2.74. The van der Waals surface area contributed by atoms with E-state index < -0.39 is 0 Å². The van der Waals surface area contributed by atoms with Gasteiger partial charge >= 0.3 is 0 Å². The number of pyridine rings is 1. The van der Waals surface area contributed by atoms with Crippen molar-refractivity contribution in [3.05, 3.63) is 66.5 Å². The number of nitrogens with zero attached hydrogens (tertiary/aromatic N) is 4. The first-order valence-corrected chi connectivity index (χ1v) is 8.06. The first-order chi connectivity index (χ1) is 11.8. The predicted molar refractivity (Wildman–Crippen MR) is 89.6 cm³/mol. The second-order valence-electron chi connectivity index (χ2n) is 6.51. The number of anilines is 2. The van der Waals surface area contributed by atoms with Gasteiger partial charge in [-0.25, -0.2) is 14.4 Å². The molecule has 0 saturated heterocycles. The molecule has 1 aliphatic carbocycles. The van der Waals surface area contributed by atoms with Crippen molar-refractivity contribution in [2.24, 2.45) is 0 Å². The van der Waals surface area contributed by atoms with Crippen LogP contribution >= 0.6 is 0 Å². The normalized spacial score (nSPS) is 17.1. The first kappa shape index (κ1) is 13.6. The molecule has 2 aliphatic rings. The standard InChI is InChI=1S/C19H15FN4/c20-16-4-2-1-3-14(16)13-9-22-18(23-10-13)24-12-19(6-7-19)15-11-21-8-5-17(15)24/h1-5,8-11H,6-7,12H2. The van der Waals surface area contributed by atoms with E-state index in [1.165, 1.54) is 24.5 Å². The number of hydrogen-bond donors (Lipinski definition) is 0. The summed E-state index contributed by atoms with van der Waals surface area (Å²) in [6.07, 6.45) is 9.54. The Hall–Kier alpha value is -2.82. The molecule has 0 N–H and O–H groups in total. The summed E-state index contributed by atoms with van der Waals surface area (Å²) in [5.74, 6) is 0.398. The van der Waals surface area contributed by atoms with Crippen LogP contribution in [0.3, 0.4) is 0 Å². The molecule has 0 amide bonds. The molecule has 4 nitrogen and oxygen atoms in total. The van der Waals surface area contributed by atoms with Crippen molar-refractivity contribution in [2.45, 2.75) is 18.3 Å². The van der Waals surface area contributed by atoms with Crippen LogP contribution in [0.4, 0.5) is 16.0 Å². The van der Waals surface area contributed by atoms with Gasteiger partial charge in [0.25, 0.3) is 0 Å². The second kappa shape index (κ2) is 4.84. The Morgan fingerprint density at radius 2 is 1.79 bits per heavy atom. The highest BCUT2D eigenvalue weighted by Crippen LogP contribution is 2.57. The summed E-state index contributed by atoms with van der Waals surface area (Å²) >= 11 is 0. The van der Waals surface area contributed by atoms with Crippen LogP contribution in [-0.4, -0.2) is 21.5 Å².